The first kappa shape index (κ1) is 38.5. The molecule has 0 atom stereocenters. The third-order valence-corrected chi connectivity index (χ3v) is 7.14. The number of ether oxygens (including phenoxy) is 4. The molecule has 0 spiro atoms. The first-order valence-electron chi connectivity index (χ1n) is 14.8. The van der Waals surface area contributed by atoms with Crippen molar-refractivity contribution >= 4 is 40.8 Å². The highest BCUT2D eigenvalue weighted by Crippen LogP contribution is 2.31. The van der Waals surface area contributed by atoms with Crippen LogP contribution in [0.5, 0.6) is 11.5 Å². The average Bonchev–Trinajstić information content (AvgIpc) is 3.05. The molecule has 0 aromatic heterocycles. The predicted octanol–water partition coefficient (Wildman–Crippen LogP) is 6.65. The van der Waals surface area contributed by atoms with E-state index in [1.165, 1.54) is 27.2 Å². The second-order valence-corrected chi connectivity index (χ2v) is 11.7. The minimum absolute atomic E-state index is 0.0227. The van der Waals surface area contributed by atoms with Gasteiger partial charge >= 0.3 is 12.1 Å². The highest BCUT2D eigenvalue weighted by atomic mass is 35.5. The molecule has 4 N–H and O–H groups in total. The Bertz CT molecular complexity index is 1740. The number of hydrogen-bond donors (Lipinski definition) is 4. The van der Waals surface area contributed by atoms with Crippen molar-refractivity contribution in [3.8, 4) is 11.5 Å². The minimum Gasteiger partial charge on any atom is -0.497 e. The lowest BCUT2D eigenvalue weighted by molar-refractivity contribution is -0.138. The van der Waals surface area contributed by atoms with Gasteiger partial charge in [-0.1, -0.05) is 11.6 Å². The number of carbonyl (C=O) groups excluding carboxylic acids is 3. The molecule has 0 aliphatic rings. The van der Waals surface area contributed by atoms with Crippen LogP contribution in [-0.2, 0) is 34.0 Å². The standard InChI is InChI=1S/C34H37ClF3N3O8/c1-7-48-32(44)23(31(43)21-12-24(36)22(29(35)30(21)38)15-41-33(45)49-34(2,3)4)16-40-26-13-27(25(37)10-19(26)17-42)39-14-18-8-9-20(46-5)11-28(18)47-6/h8-13,16,39-40,42H,7,14-15,17H2,1-6H3,(H,41,45). The van der Waals surface area contributed by atoms with Crippen molar-refractivity contribution in [2.24, 2.45) is 0 Å². The fraction of sp³-hybridized carbons (Fsp3) is 0.324. The van der Waals surface area contributed by atoms with Gasteiger partial charge in [-0.15, -0.1) is 0 Å². The van der Waals surface area contributed by atoms with Crippen molar-refractivity contribution in [1.29, 1.82) is 0 Å². The number of esters is 1. The topological polar surface area (TPSA) is 144 Å². The van der Waals surface area contributed by atoms with Crippen LogP contribution in [0.3, 0.4) is 0 Å². The molecule has 11 nitrogen and oxygen atoms in total. The highest BCUT2D eigenvalue weighted by Gasteiger charge is 2.28. The normalized spacial score (nSPS) is 11.4. The quantitative estimate of drug-likeness (QED) is 0.0359. The van der Waals surface area contributed by atoms with Gasteiger partial charge in [-0.05, 0) is 58.0 Å². The van der Waals surface area contributed by atoms with Crippen LogP contribution in [0.4, 0.5) is 29.3 Å². The van der Waals surface area contributed by atoms with E-state index >= 15 is 13.2 Å². The Balaban J connectivity index is 1.94. The van der Waals surface area contributed by atoms with Crippen molar-refractivity contribution in [3.63, 3.8) is 0 Å². The van der Waals surface area contributed by atoms with Crippen LogP contribution in [0.25, 0.3) is 0 Å². The lowest BCUT2D eigenvalue weighted by atomic mass is 10.0. The molecule has 3 rings (SSSR count). The number of anilines is 2. The Labute approximate surface area is 286 Å². The summed E-state index contributed by atoms with van der Waals surface area (Å²) in [6.45, 7) is 5.04. The average molecular weight is 708 g/mol. The molecule has 3 aromatic rings. The van der Waals surface area contributed by atoms with Gasteiger partial charge in [0.1, 0.15) is 34.3 Å². The molecule has 0 saturated carbocycles. The van der Waals surface area contributed by atoms with Crippen LogP contribution in [0.15, 0.2) is 48.2 Å². The largest absolute Gasteiger partial charge is 0.497 e. The number of alkyl carbamates (subject to hydrolysis) is 1. The fourth-order valence-electron chi connectivity index (χ4n) is 4.36. The molecule has 15 heteroatoms. The number of hydrogen-bond acceptors (Lipinski definition) is 10. The summed E-state index contributed by atoms with van der Waals surface area (Å²) in [7, 11) is 2.97. The number of rotatable bonds is 14. The Kier molecular flexibility index (Phi) is 13.3. The van der Waals surface area contributed by atoms with Crippen molar-refractivity contribution in [3.05, 3.63) is 92.9 Å². The van der Waals surface area contributed by atoms with E-state index in [0.717, 1.165) is 12.3 Å². The van der Waals surface area contributed by atoms with Crippen LogP contribution in [0.1, 0.15) is 54.7 Å². The zero-order valence-electron chi connectivity index (χ0n) is 27.7. The number of benzene rings is 3. The van der Waals surface area contributed by atoms with E-state index in [-0.39, 0.29) is 30.1 Å². The summed E-state index contributed by atoms with van der Waals surface area (Å²) in [5.41, 5.74) is -2.23. The number of aliphatic hydroxyl groups is 1. The van der Waals surface area contributed by atoms with E-state index in [1.54, 1.807) is 39.0 Å². The number of aliphatic hydroxyl groups excluding tert-OH is 1. The molecule has 1 amide bonds. The first-order chi connectivity index (χ1) is 23.1. The molecule has 0 aliphatic carbocycles. The van der Waals surface area contributed by atoms with Crippen LogP contribution in [0, 0.1) is 17.5 Å². The summed E-state index contributed by atoms with van der Waals surface area (Å²) in [4.78, 5) is 38.3. The molecular formula is C34H37ClF3N3O8. The minimum atomic E-state index is -1.36. The van der Waals surface area contributed by atoms with Crippen molar-refractivity contribution in [2.45, 2.75) is 53.0 Å². The van der Waals surface area contributed by atoms with Gasteiger partial charge in [-0.25, -0.2) is 22.8 Å². The lowest BCUT2D eigenvalue weighted by Crippen LogP contribution is -2.32. The number of nitrogens with one attached hydrogen (secondary N) is 3. The molecule has 0 saturated heterocycles. The molecule has 0 fully saturated rings. The maximum absolute atomic E-state index is 15.4. The molecular weight excluding hydrogens is 671 g/mol. The van der Waals surface area contributed by atoms with Crippen LogP contribution < -0.4 is 25.4 Å². The zero-order chi connectivity index (χ0) is 36.5. The third kappa shape index (κ3) is 10.0. The summed E-state index contributed by atoms with van der Waals surface area (Å²) in [6, 6.07) is 7.94. The van der Waals surface area contributed by atoms with E-state index in [1.807, 2.05) is 0 Å². The molecule has 0 aliphatic heterocycles. The zero-order valence-corrected chi connectivity index (χ0v) is 28.4. The molecule has 0 radical (unpaired) electrons. The van der Waals surface area contributed by atoms with E-state index in [0.29, 0.717) is 23.1 Å². The van der Waals surface area contributed by atoms with E-state index < -0.39 is 75.8 Å². The number of carbonyl (C=O) groups is 3. The van der Waals surface area contributed by atoms with Crippen molar-refractivity contribution < 1.29 is 51.6 Å². The number of Topliss-reactive ketones (excluding diaryl/α,β-unsaturated/α-hetero) is 1. The molecule has 0 heterocycles. The van der Waals surface area contributed by atoms with Gasteiger partial charge < -0.3 is 40.0 Å². The molecule has 0 unspecified atom stereocenters. The number of amides is 1. The molecule has 264 valence electrons. The summed E-state index contributed by atoms with van der Waals surface area (Å²) in [5, 5.41) is 16.9. The second-order valence-electron chi connectivity index (χ2n) is 11.3. The Morgan fingerprint density at radius 3 is 2.27 bits per heavy atom. The summed E-state index contributed by atoms with van der Waals surface area (Å²) in [6.07, 6.45) is -0.0457. The Morgan fingerprint density at radius 2 is 1.65 bits per heavy atom. The lowest BCUT2D eigenvalue weighted by Gasteiger charge is -2.20. The highest BCUT2D eigenvalue weighted by molar-refractivity contribution is 6.33. The predicted molar refractivity (Wildman–Crippen MR) is 176 cm³/mol. The van der Waals surface area contributed by atoms with Crippen LogP contribution in [0.2, 0.25) is 5.02 Å². The maximum atomic E-state index is 15.4. The summed E-state index contributed by atoms with van der Waals surface area (Å²) >= 11 is 6.07. The number of halogens is 4. The van der Waals surface area contributed by atoms with Crippen molar-refractivity contribution in [2.75, 3.05) is 31.5 Å². The second kappa shape index (κ2) is 16.9. The molecule has 0 bridgehead atoms. The smallest absolute Gasteiger partial charge is 0.407 e. The Hall–Kier alpha value is -4.95. The van der Waals surface area contributed by atoms with Gasteiger partial charge in [0.05, 0.1) is 50.3 Å². The monoisotopic (exact) mass is 707 g/mol. The summed E-state index contributed by atoms with van der Waals surface area (Å²) in [5.74, 6) is -4.68. The van der Waals surface area contributed by atoms with Gasteiger partial charge in [-0.2, -0.15) is 0 Å². The first-order valence-corrected chi connectivity index (χ1v) is 15.2. The van der Waals surface area contributed by atoms with Crippen molar-refractivity contribution in [1.82, 2.24) is 5.32 Å². The van der Waals surface area contributed by atoms with E-state index in [4.69, 9.17) is 30.5 Å². The van der Waals surface area contributed by atoms with Crippen LogP contribution in [-0.4, -0.2) is 49.4 Å². The van der Waals surface area contributed by atoms with E-state index in [2.05, 4.69) is 16.0 Å². The van der Waals surface area contributed by atoms with E-state index in [9.17, 15) is 19.5 Å². The van der Waals surface area contributed by atoms with Gasteiger partial charge in [0.25, 0.3) is 0 Å². The van der Waals surface area contributed by atoms with Crippen LogP contribution >= 0.6 is 11.6 Å². The summed E-state index contributed by atoms with van der Waals surface area (Å²) < 4.78 is 66.2. The maximum Gasteiger partial charge on any atom is 0.407 e. The SMILES string of the molecule is CCOC(=O)C(=CNc1cc(NCc2ccc(OC)cc2OC)c(F)cc1CO)C(=O)c1cc(F)c(CNC(=O)OC(C)(C)C)c(Cl)c1F. The Morgan fingerprint density at radius 1 is 0.939 bits per heavy atom. The van der Waals surface area contributed by atoms with Gasteiger partial charge in [0.2, 0.25) is 5.78 Å². The van der Waals surface area contributed by atoms with Gasteiger partial charge in [-0.3, -0.25) is 4.79 Å². The number of ketones is 1. The molecule has 49 heavy (non-hydrogen) atoms. The number of methoxy groups -OCH3 is 2. The van der Waals surface area contributed by atoms with Gasteiger partial charge in [0.15, 0.2) is 5.82 Å². The van der Waals surface area contributed by atoms with Gasteiger partial charge in [0, 0.05) is 41.2 Å². The fourth-order valence-corrected chi connectivity index (χ4v) is 4.62. The third-order valence-electron chi connectivity index (χ3n) is 6.75. The molecule has 3 aromatic carbocycles.